The molecule has 0 saturated carbocycles. The minimum atomic E-state index is -0.270. The van der Waals surface area contributed by atoms with E-state index in [1.807, 2.05) is 31.2 Å². The van der Waals surface area contributed by atoms with Gasteiger partial charge in [-0.3, -0.25) is 4.79 Å². The normalized spacial score (nSPS) is 12.0. The second-order valence-corrected chi connectivity index (χ2v) is 8.81. The molecule has 9 heteroatoms. The molecule has 0 aliphatic rings. The quantitative estimate of drug-likeness (QED) is 0.345. The van der Waals surface area contributed by atoms with E-state index in [9.17, 15) is 4.79 Å². The molecule has 0 radical (unpaired) electrons. The van der Waals surface area contributed by atoms with E-state index >= 15 is 0 Å². The number of furan rings is 1. The van der Waals surface area contributed by atoms with Crippen LogP contribution in [0.25, 0.3) is 22.4 Å². The van der Waals surface area contributed by atoms with Crippen molar-refractivity contribution in [2.75, 3.05) is 0 Å². The Labute approximate surface area is 196 Å². The van der Waals surface area contributed by atoms with Gasteiger partial charge >= 0.3 is 0 Å². The number of ether oxygens (including phenoxy) is 1. The second kappa shape index (κ2) is 8.43. The van der Waals surface area contributed by atoms with Gasteiger partial charge in [-0.05, 0) is 42.8 Å². The lowest BCUT2D eigenvalue weighted by atomic mass is 10.2. The molecule has 0 atom stereocenters. The zero-order valence-electron chi connectivity index (χ0n) is 16.7. The van der Waals surface area contributed by atoms with Gasteiger partial charge in [0, 0.05) is 6.08 Å². The van der Waals surface area contributed by atoms with E-state index in [0.717, 1.165) is 11.3 Å². The molecule has 3 aromatic heterocycles. The highest BCUT2D eigenvalue weighted by atomic mass is 35.5. The molecule has 0 spiro atoms. The molecule has 5 aromatic rings. The summed E-state index contributed by atoms with van der Waals surface area (Å²) >= 11 is 13.7. The van der Waals surface area contributed by atoms with Gasteiger partial charge in [0.1, 0.15) is 28.4 Å². The molecule has 2 aromatic carbocycles. The Morgan fingerprint density at radius 3 is 2.62 bits per heavy atom. The first-order chi connectivity index (χ1) is 15.5. The van der Waals surface area contributed by atoms with Crippen molar-refractivity contribution in [3.63, 3.8) is 0 Å². The van der Waals surface area contributed by atoms with E-state index in [4.69, 9.17) is 32.4 Å². The van der Waals surface area contributed by atoms with Crippen LogP contribution in [-0.4, -0.2) is 14.6 Å². The fraction of sp³-hybridized carbons (Fsp3) is 0.0870. The third-order valence-corrected chi connectivity index (χ3v) is 6.37. The number of fused-ring (bicyclic) bond motifs is 1. The topological polar surface area (TPSA) is 69.6 Å². The number of hydrogen-bond acceptors (Lipinski definition) is 6. The van der Waals surface area contributed by atoms with Gasteiger partial charge in [-0.25, -0.2) is 0 Å². The molecule has 6 nitrogen and oxygen atoms in total. The predicted octanol–water partition coefficient (Wildman–Crippen LogP) is 5.15. The number of hydrogen-bond donors (Lipinski definition) is 0. The van der Waals surface area contributed by atoms with E-state index in [2.05, 4.69) is 10.1 Å². The summed E-state index contributed by atoms with van der Waals surface area (Å²) in [6.07, 6.45) is 1.65. The van der Waals surface area contributed by atoms with E-state index in [1.165, 1.54) is 15.9 Å². The van der Waals surface area contributed by atoms with Crippen LogP contribution in [0, 0.1) is 6.92 Å². The van der Waals surface area contributed by atoms with Crippen LogP contribution < -0.4 is 14.8 Å². The second-order valence-electron chi connectivity index (χ2n) is 6.99. The van der Waals surface area contributed by atoms with Crippen LogP contribution in [0.2, 0.25) is 10.0 Å². The third-order valence-electron chi connectivity index (χ3n) is 4.79. The van der Waals surface area contributed by atoms with Crippen LogP contribution in [0.3, 0.4) is 0 Å². The Kier molecular flexibility index (Phi) is 5.46. The number of halogens is 2. The lowest BCUT2D eigenvalue weighted by Gasteiger charge is -2.05. The Morgan fingerprint density at radius 2 is 1.88 bits per heavy atom. The number of para-hydroxylation sites is 1. The standard InChI is InChI=1S/C23H15Cl2N3O3S/c1-13-5-2-3-8-17(13)30-12-20-26-23-28(27-20)22(29)19(32-23)11-14-9-10-18(31-14)21-15(24)6-4-7-16(21)25/h2-11H,12H2,1H3. The van der Waals surface area contributed by atoms with Crippen LogP contribution in [0.5, 0.6) is 5.75 Å². The summed E-state index contributed by atoms with van der Waals surface area (Å²) in [7, 11) is 0. The molecule has 0 unspecified atom stereocenters. The number of aromatic nitrogens is 3. The first-order valence-electron chi connectivity index (χ1n) is 9.62. The minimum Gasteiger partial charge on any atom is -0.485 e. The Hall–Kier alpha value is -3.13. The molecule has 160 valence electrons. The van der Waals surface area contributed by atoms with Gasteiger partial charge in [0.05, 0.1) is 15.6 Å². The molecular weight excluding hydrogens is 469 g/mol. The van der Waals surface area contributed by atoms with E-state index in [0.29, 0.717) is 42.4 Å². The maximum atomic E-state index is 12.8. The van der Waals surface area contributed by atoms with Gasteiger partial charge in [-0.2, -0.15) is 9.50 Å². The molecule has 0 amide bonds. The number of benzene rings is 2. The molecule has 0 aliphatic carbocycles. The maximum Gasteiger partial charge on any atom is 0.291 e. The third kappa shape index (κ3) is 3.90. The Balaban J connectivity index is 1.41. The number of aryl methyl sites for hydroxylation is 1. The van der Waals surface area contributed by atoms with Crippen molar-refractivity contribution >= 4 is 45.6 Å². The summed E-state index contributed by atoms with van der Waals surface area (Å²) in [5.41, 5.74) is 1.36. The first-order valence-corrected chi connectivity index (χ1v) is 11.2. The van der Waals surface area contributed by atoms with Crippen molar-refractivity contribution in [2.45, 2.75) is 13.5 Å². The number of rotatable bonds is 5. The van der Waals surface area contributed by atoms with Gasteiger partial charge in [0.2, 0.25) is 4.96 Å². The van der Waals surface area contributed by atoms with Gasteiger partial charge in [-0.1, -0.05) is 58.8 Å². The molecule has 32 heavy (non-hydrogen) atoms. The highest BCUT2D eigenvalue weighted by molar-refractivity contribution is 7.15. The van der Waals surface area contributed by atoms with Crippen LogP contribution in [-0.2, 0) is 6.61 Å². The molecule has 0 bridgehead atoms. The fourth-order valence-corrected chi connectivity index (χ4v) is 4.71. The smallest absolute Gasteiger partial charge is 0.291 e. The van der Waals surface area contributed by atoms with Crippen LogP contribution in [0.15, 0.2) is 63.8 Å². The van der Waals surface area contributed by atoms with E-state index < -0.39 is 0 Å². The Bertz CT molecular complexity index is 1530. The molecule has 0 saturated heterocycles. The predicted molar refractivity (Wildman–Crippen MR) is 126 cm³/mol. The summed E-state index contributed by atoms with van der Waals surface area (Å²) in [6.45, 7) is 2.14. The molecule has 0 N–H and O–H groups in total. The largest absolute Gasteiger partial charge is 0.485 e. The van der Waals surface area contributed by atoms with E-state index in [-0.39, 0.29) is 12.2 Å². The summed E-state index contributed by atoms with van der Waals surface area (Å²) in [6, 6.07) is 16.5. The zero-order chi connectivity index (χ0) is 22.2. The lowest BCUT2D eigenvalue weighted by Crippen LogP contribution is -2.23. The molecule has 5 rings (SSSR count). The summed E-state index contributed by atoms with van der Waals surface area (Å²) in [4.78, 5) is 17.7. The van der Waals surface area contributed by atoms with Crippen molar-refractivity contribution in [3.05, 3.63) is 96.7 Å². The van der Waals surface area contributed by atoms with Crippen molar-refractivity contribution in [2.24, 2.45) is 0 Å². The Morgan fingerprint density at radius 1 is 1.09 bits per heavy atom. The average Bonchev–Trinajstić information content (AvgIpc) is 3.45. The van der Waals surface area contributed by atoms with Crippen molar-refractivity contribution in [1.82, 2.24) is 14.6 Å². The van der Waals surface area contributed by atoms with Crippen LogP contribution in [0.4, 0.5) is 0 Å². The van der Waals surface area contributed by atoms with Gasteiger partial charge in [-0.15, -0.1) is 5.10 Å². The lowest BCUT2D eigenvalue weighted by molar-refractivity contribution is 0.294. The van der Waals surface area contributed by atoms with Crippen molar-refractivity contribution in [1.29, 1.82) is 0 Å². The highest BCUT2D eigenvalue weighted by Gasteiger charge is 2.14. The van der Waals surface area contributed by atoms with Gasteiger partial charge in [0.25, 0.3) is 5.56 Å². The average molecular weight is 484 g/mol. The molecule has 0 fully saturated rings. The molecule has 0 aliphatic heterocycles. The number of thiazole rings is 1. The summed E-state index contributed by atoms with van der Waals surface area (Å²) in [5, 5.41) is 5.26. The molecule has 3 heterocycles. The summed E-state index contributed by atoms with van der Waals surface area (Å²) in [5.74, 6) is 2.22. The van der Waals surface area contributed by atoms with Gasteiger partial charge < -0.3 is 9.15 Å². The first kappa shape index (κ1) is 20.8. The van der Waals surface area contributed by atoms with Crippen molar-refractivity contribution in [3.8, 4) is 17.1 Å². The minimum absolute atomic E-state index is 0.178. The van der Waals surface area contributed by atoms with Gasteiger partial charge in [0.15, 0.2) is 5.82 Å². The SMILES string of the molecule is Cc1ccccc1OCc1nc2sc(=Cc3ccc(-c4c(Cl)cccc4Cl)o3)c(=O)n2n1. The highest BCUT2D eigenvalue weighted by Crippen LogP contribution is 2.35. The fourth-order valence-electron chi connectivity index (χ4n) is 3.22. The summed E-state index contributed by atoms with van der Waals surface area (Å²) < 4.78 is 13.4. The molecular formula is C23H15Cl2N3O3S. The maximum absolute atomic E-state index is 12.8. The van der Waals surface area contributed by atoms with Crippen molar-refractivity contribution < 1.29 is 9.15 Å². The van der Waals surface area contributed by atoms with Crippen LogP contribution >= 0.6 is 34.5 Å². The zero-order valence-corrected chi connectivity index (χ0v) is 19.0. The van der Waals surface area contributed by atoms with Crippen LogP contribution in [0.1, 0.15) is 17.1 Å². The monoisotopic (exact) mass is 483 g/mol. The number of nitrogens with zero attached hydrogens (tertiary/aromatic N) is 3. The van der Waals surface area contributed by atoms with E-state index in [1.54, 1.807) is 36.4 Å².